The number of anilines is 1. The van der Waals surface area contributed by atoms with Gasteiger partial charge in [0, 0.05) is 36.3 Å². The summed E-state index contributed by atoms with van der Waals surface area (Å²) in [4.78, 5) is 18.2. The summed E-state index contributed by atoms with van der Waals surface area (Å²) in [6, 6.07) is 13.1. The number of amides is 1. The van der Waals surface area contributed by atoms with Gasteiger partial charge >= 0.3 is 0 Å². The molecule has 168 valence electrons. The van der Waals surface area contributed by atoms with Gasteiger partial charge in [0.15, 0.2) is 5.96 Å². The summed E-state index contributed by atoms with van der Waals surface area (Å²) in [5.41, 5.74) is 7.80. The van der Waals surface area contributed by atoms with Gasteiger partial charge in [0.1, 0.15) is 5.75 Å². The maximum absolute atomic E-state index is 11.2. The molecular formula is C22H29ClIN5O2. The summed E-state index contributed by atoms with van der Waals surface area (Å²) < 4.78 is 5.49. The topological polar surface area (TPSA) is 92.0 Å². The Hall–Kier alpha value is -2.20. The van der Waals surface area contributed by atoms with Crippen LogP contribution in [0.1, 0.15) is 29.3 Å². The smallest absolute Gasteiger partial charge is 0.248 e. The molecule has 0 spiro atoms. The van der Waals surface area contributed by atoms with E-state index in [0.717, 1.165) is 49.0 Å². The molecule has 1 fully saturated rings. The number of ether oxygens (including phenoxy) is 1. The third-order valence-electron chi connectivity index (χ3n) is 5.01. The minimum Gasteiger partial charge on any atom is -0.495 e. The van der Waals surface area contributed by atoms with Gasteiger partial charge in [0.25, 0.3) is 0 Å². The zero-order chi connectivity index (χ0) is 21.5. The van der Waals surface area contributed by atoms with Gasteiger partial charge in [-0.3, -0.25) is 4.79 Å². The molecule has 1 atom stereocenters. The normalized spacial score (nSPS) is 15.9. The molecule has 0 bridgehead atoms. The molecule has 1 aliphatic rings. The monoisotopic (exact) mass is 557 g/mol. The molecule has 1 amide bonds. The lowest BCUT2D eigenvalue weighted by atomic mass is 10.1. The number of nitrogens with two attached hydrogens (primary N) is 1. The maximum Gasteiger partial charge on any atom is 0.248 e. The molecule has 9 heteroatoms. The highest BCUT2D eigenvalue weighted by Gasteiger charge is 2.25. The van der Waals surface area contributed by atoms with Crippen molar-refractivity contribution in [2.45, 2.75) is 25.9 Å². The van der Waals surface area contributed by atoms with E-state index in [9.17, 15) is 4.79 Å². The van der Waals surface area contributed by atoms with Crippen LogP contribution in [0.15, 0.2) is 47.5 Å². The lowest BCUT2D eigenvalue weighted by Crippen LogP contribution is -2.44. The summed E-state index contributed by atoms with van der Waals surface area (Å²) in [6.07, 6.45) is 0.980. The zero-order valence-corrected chi connectivity index (χ0v) is 20.8. The molecule has 31 heavy (non-hydrogen) atoms. The molecule has 1 unspecified atom stereocenters. The maximum atomic E-state index is 11.2. The predicted octanol–water partition coefficient (Wildman–Crippen LogP) is 3.40. The summed E-state index contributed by atoms with van der Waals surface area (Å²) in [6.45, 7) is 5.05. The van der Waals surface area contributed by atoms with Crippen LogP contribution in [0.3, 0.4) is 0 Å². The first-order valence-electron chi connectivity index (χ1n) is 10.0. The fourth-order valence-electron chi connectivity index (χ4n) is 3.47. The van der Waals surface area contributed by atoms with Crippen molar-refractivity contribution in [1.82, 2.24) is 10.6 Å². The summed E-state index contributed by atoms with van der Waals surface area (Å²) in [5.74, 6) is 1.16. The molecule has 2 aromatic carbocycles. The quantitative estimate of drug-likeness (QED) is 0.276. The molecule has 1 saturated heterocycles. The fraction of sp³-hybridized carbons (Fsp3) is 0.364. The van der Waals surface area contributed by atoms with Crippen LogP contribution in [0.2, 0.25) is 5.02 Å². The van der Waals surface area contributed by atoms with E-state index in [4.69, 9.17) is 22.1 Å². The van der Waals surface area contributed by atoms with E-state index in [1.807, 2.05) is 37.3 Å². The Morgan fingerprint density at radius 3 is 2.68 bits per heavy atom. The lowest BCUT2D eigenvalue weighted by molar-refractivity contribution is 0.100. The van der Waals surface area contributed by atoms with Crippen molar-refractivity contribution in [3.8, 4) is 5.75 Å². The molecule has 0 radical (unpaired) electrons. The van der Waals surface area contributed by atoms with Crippen LogP contribution in [0.5, 0.6) is 5.75 Å². The standard InChI is InChI=1S/C22H28ClN5O2.HI/c1-3-25-22(26-13-15-4-6-16(7-5-15)21(24)29)27-18-10-11-28(14-18)19-12-17(23)8-9-20(19)30-2;/h4-9,12,18H,3,10-11,13-14H2,1-2H3,(H2,24,29)(H2,25,26,27);1H. The van der Waals surface area contributed by atoms with Gasteiger partial charge in [0.2, 0.25) is 5.91 Å². The van der Waals surface area contributed by atoms with Crippen molar-refractivity contribution in [1.29, 1.82) is 0 Å². The van der Waals surface area contributed by atoms with E-state index in [2.05, 4.69) is 20.5 Å². The van der Waals surface area contributed by atoms with Gasteiger partial charge in [0.05, 0.1) is 19.3 Å². The van der Waals surface area contributed by atoms with Gasteiger partial charge in [-0.25, -0.2) is 4.99 Å². The van der Waals surface area contributed by atoms with Crippen molar-refractivity contribution in [3.63, 3.8) is 0 Å². The van der Waals surface area contributed by atoms with Gasteiger partial charge in [-0.15, -0.1) is 24.0 Å². The average molecular weight is 558 g/mol. The highest BCUT2D eigenvalue weighted by molar-refractivity contribution is 14.0. The third kappa shape index (κ3) is 6.90. The van der Waals surface area contributed by atoms with Crippen molar-refractivity contribution < 1.29 is 9.53 Å². The number of hydrogen-bond donors (Lipinski definition) is 3. The summed E-state index contributed by atoms with van der Waals surface area (Å²) in [5, 5.41) is 7.51. The minimum atomic E-state index is -0.429. The number of nitrogens with zero attached hydrogens (tertiary/aromatic N) is 2. The second-order valence-electron chi connectivity index (χ2n) is 7.15. The van der Waals surface area contributed by atoms with E-state index in [1.165, 1.54) is 0 Å². The fourth-order valence-corrected chi connectivity index (χ4v) is 3.63. The number of rotatable bonds is 7. The lowest BCUT2D eigenvalue weighted by Gasteiger charge is -2.22. The summed E-state index contributed by atoms with van der Waals surface area (Å²) >= 11 is 6.19. The third-order valence-corrected chi connectivity index (χ3v) is 5.25. The molecule has 7 nitrogen and oxygen atoms in total. The first kappa shape index (κ1) is 25.1. The molecule has 0 aliphatic carbocycles. The van der Waals surface area contributed by atoms with Gasteiger partial charge in [-0.2, -0.15) is 0 Å². The number of carbonyl (C=O) groups excluding carboxylic acids is 1. The highest BCUT2D eigenvalue weighted by atomic mass is 127. The zero-order valence-electron chi connectivity index (χ0n) is 17.7. The number of aliphatic imine (C=N–C) groups is 1. The Kier molecular flexibility index (Phi) is 9.70. The van der Waals surface area contributed by atoms with Crippen LogP contribution in [0, 0.1) is 0 Å². The van der Waals surface area contributed by atoms with Crippen molar-refractivity contribution >= 4 is 53.1 Å². The molecule has 0 saturated carbocycles. The molecule has 0 aromatic heterocycles. The van der Waals surface area contributed by atoms with Gasteiger partial charge in [-0.05, 0) is 49.2 Å². The Morgan fingerprint density at radius 2 is 2.03 bits per heavy atom. The Balaban J connectivity index is 0.00000341. The van der Waals surface area contributed by atoms with Gasteiger partial charge < -0.3 is 26.0 Å². The van der Waals surface area contributed by atoms with E-state index in [-0.39, 0.29) is 30.0 Å². The van der Waals surface area contributed by atoms with E-state index >= 15 is 0 Å². The number of halogens is 2. The molecule has 3 rings (SSSR count). The van der Waals surface area contributed by atoms with Crippen LogP contribution in [0.4, 0.5) is 5.69 Å². The largest absolute Gasteiger partial charge is 0.495 e. The van der Waals surface area contributed by atoms with E-state index < -0.39 is 5.91 Å². The second-order valence-corrected chi connectivity index (χ2v) is 7.58. The Bertz CT molecular complexity index is 907. The second kappa shape index (κ2) is 12.0. The van der Waals surface area contributed by atoms with Crippen LogP contribution in [0.25, 0.3) is 0 Å². The molecule has 1 aliphatic heterocycles. The molecular weight excluding hydrogens is 529 g/mol. The van der Waals surface area contributed by atoms with Crippen LogP contribution < -0.4 is 26.0 Å². The van der Waals surface area contributed by atoms with Crippen LogP contribution in [-0.2, 0) is 6.54 Å². The first-order chi connectivity index (χ1) is 14.5. The number of primary amides is 1. The SMILES string of the molecule is CCNC(=NCc1ccc(C(N)=O)cc1)NC1CCN(c2cc(Cl)ccc2OC)C1.I. The van der Waals surface area contributed by atoms with Crippen molar-refractivity contribution in [2.75, 3.05) is 31.6 Å². The number of nitrogens with one attached hydrogen (secondary N) is 2. The van der Waals surface area contributed by atoms with E-state index in [0.29, 0.717) is 17.1 Å². The number of hydrogen-bond acceptors (Lipinski definition) is 4. The van der Waals surface area contributed by atoms with Crippen LogP contribution >= 0.6 is 35.6 Å². The number of benzene rings is 2. The Labute approximate surface area is 205 Å². The summed E-state index contributed by atoms with van der Waals surface area (Å²) in [7, 11) is 1.67. The number of carbonyl (C=O) groups is 1. The highest BCUT2D eigenvalue weighted by Crippen LogP contribution is 2.33. The average Bonchev–Trinajstić information content (AvgIpc) is 3.21. The molecule has 4 N–H and O–H groups in total. The minimum absolute atomic E-state index is 0. The van der Waals surface area contributed by atoms with Crippen molar-refractivity contribution in [2.24, 2.45) is 10.7 Å². The molecule has 1 heterocycles. The van der Waals surface area contributed by atoms with Crippen molar-refractivity contribution in [3.05, 3.63) is 58.6 Å². The predicted molar refractivity (Wildman–Crippen MR) is 137 cm³/mol. The Morgan fingerprint density at radius 1 is 1.29 bits per heavy atom. The molecule has 2 aromatic rings. The number of guanidine groups is 1. The van der Waals surface area contributed by atoms with E-state index in [1.54, 1.807) is 19.2 Å². The number of methoxy groups -OCH3 is 1. The van der Waals surface area contributed by atoms with Crippen LogP contribution in [-0.4, -0.2) is 44.7 Å². The van der Waals surface area contributed by atoms with Gasteiger partial charge in [-0.1, -0.05) is 23.7 Å². The first-order valence-corrected chi connectivity index (χ1v) is 10.4.